The van der Waals surface area contributed by atoms with Gasteiger partial charge in [0.1, 0.15) is 5.82 Å². The van der Waals surface area contributed by atoms with Crippen molar-refractivity contribution < 1.29 is 18.0 Å². The monoisotopic (exact) mass is 503 g/mol. The average Bonchev–Trinajstić information content (AvgIpc) is 2.87. The van der Waals surface area contributed by atoms with Crippen molar-refractivity contribution >= 4 is 34.2 Å². The van der Waals surface area contributed by atoms with Crippen LogP contribution in [0.3, 0.4) is 0 Å². The van der Waals surface area contributed by atoms with E-state index in [0.29, 0.717) is 43.6 Å². The minimum Gasteiger partial charge on any atom is -0.353 e. The van der Waals surface area contributed by atoms with Crippen LogP contribution in [0, 0.1) is 0 Å². The first-order valence-corrected chi connectivity index (χ1v) is 12.0. The number of halogens is 4. The van der Waals surface area contributed by atoms with Crippen molar-refractivity contribution in [2.24, 2.45) is 0 Å². The molecular weight excluding hydrogens is 479 g/mol. The van der Waals surface area contributed by atoms with Crippen LogP contribution in [0.1, 0.15) is 28.8 Å². The molecule has 5 rings (SSSR count). The van der Waals surface area contributed by atoms with Crippen LogP contribution in [0.15, 0.2) is 48.8 Å². The average molecular weight is 504 g/mol. The second-order valence-electron chi connectivity index (χ2n) is 8.98. The Labute approximate surface area is 206 Å². The van der Waals surface area contributed by atoms with Crippen LogP contribution in [0.5, 0.6) is 0 Å². The number of carbonyl (C=O) groups excluding carboxylic acids is 1. The van der Waals surface area contributed by atoms with Gasteiger partial charge in [-0.1, -0.05) is 23.7 Å². The van der Waals surface area contributed by atoms with E-state index in [1.165, 1.54) is 0 Å². The van der Waals surface area contributed by atoms with Gasteiger partial charge in [-0.15, -0.1) is 0 Å². The van der Waals surface area contributed by atoms with Gasteiger partial charge < -0.3 is 9.80 Å². The summed E-state index contributed by atoms with van der Waals surface area (Å²) in [6.45, 7) is 4.21. The normalized spacial score (nSPS) is 18.3. The smallest absolute Gasteiger partial charge is 0.353 e. The Morgan fingerprint density at radius 2 is 1.71 bits per heavy atom. The lowest BCUT2D eigenvalue weighted by Crippen LogP contribution is -2.54. The molecular formula is C25H25ClF3N5O. The molecule has 0 spiro atoms. The number of pyridine rings is 2. The van der Waals surface area contributed by atoms with E-state index in [1.807, 2.05) is 40.1 Å². The molecule has 0 saturated carbocycles. The third kappa shape index (κ3) is 5.06. The lowest BCUT2D eigenvalue weighted by atomic mass is 10.0. The number of fused-ring (bicyclic) bond motifs is 1. The van der Waals surface area contributed by atoms with Crippen LogP contribution >= 0.6 is 11.6 Å². The quantitative estimate of drug-likeness (QED) is 0.517. The number of anilines is 1. The molecule has 2 aliphatic rings. The number of piperidine rings is 1. The Balaban J connectivity index is 1.15. The minimum atomic E-state index is -4.46. The summed E-state index contributed by atoms with van der Waals surface area (Å²) in [5.41, 5.74) is 0.629. The largest absolute Gasteiger partial charge is 0.417 e. The highest BCUT2D eigenvalue weighted by Crippen LogP contribution is 2.34. The van der Waals surface area contributed by atoms with Crippen molar-refractivity contribution in [3.05, 3.63) is 64.9 Å². The lowest BCUT2D eigenvalue weighted by Gasteiger charge is -2.43. The van der Waals surface area contributed by atoms with E-state index < -0.39 is 11.7 Å². The Morgan fingerprint density at radius 1 is 0.971 bits per heavy atom. The van der Waals surface area contributed by atoms with Gasteiger partial charge in [-0.25, -0.2) is 4.98 Å². The predicted octanol–water partition coefficient (Wildman–Crippen LogP) is 4.73. The summed E-state index contributed by atoms with van der Waals surface area (Å²) in [6.07, 6.45) is -0.127. The number of nitrogens with zero attached hydrogens (tertiary/aromatic N) is 5. The molecule has 2 saturated heterocycles. The summed E-state index contributed by atoms with van der Waals surface area (Å²) in [6, 6.07) is 10.8. The standard InChI is InChI=1S/C25H25ClF3N5O/c26-21-15-19(25(27,28)29)16-31-23(21)33-12-10-32(11-13-33)20-5-8-34(9-6-20)24(35)18-4-3-17-2-1-7-30-22(17)14-18/h1-4,7,14-16,20H,5-6,8-13H2. The number of hydrogen-bond donors (Lipinski definition) is 0. The second kappa shape index (κ2) is 9.62. The molecule has 0 aliphatic carbocycles. The maximum Gasteiger partial charge on any atom is 0.417 e. The maximum atomic E-state index is 13.0. The Kier molecular flexibility index (Phi) is 6.55. The SMILES string of the molecule is O=C(c1ccc2cccnc2c1)N1CCC(N2CCN(c3ncc(C(F)(F)F)cc3Cl)CC2)CC1. The first kappa shape index (κ1) is 23.8. The van der Waals surface area contributed by atoms with Gasteiger partial charge in [0.15, 0.2) is 0 Å². The van der Waals surface area contributed by atoms with E-state index >= 15 is 0 Å². The second-order valence-corrected chi connectivity index (χ2v) is 9.39. The van der Waals surface area contributed by atoms with Crippen molar-refractivity contribution in [1.29, 1.82) is 0 Å². The number of piperazine rings is 1. The van der Waals surface area contributed by atoms with Crippen molar-refractivity contribution in [3.63, 3.8) is 0 Å². The van der Waals surface area contributed by atoms with Gasteiger partial charge in [0.05, 0.1) is 16.1 Å². The number of rotatable bonds is 3. The van der Waals surface area contributed by atoms with Crippen LogP contribution in [-0.4, -0.2) is 71.0 Å². The molecule has 2 aromatic heterocycles. The van der Waals surface area contributed by atoms with E-state index in [1.54, 1.807) is 6.20 Å². The van der Waals surface area contributed by atoms with Gasteiger partial charge in [0.25, 0.3) is 5.91 Å². The Morgan fingerprint density at radius 3 is 2.40 bits per heavy atom. The van der Waals surface area contributed by atoms with E-state index in [9.17, 15) is 18.0 Å². The minimum absolute atomic E-state index is 0.0176. The van der Waals surface area contributed by atoms with E-state index in [4.69, 9.17) is 11.6 Å². The number of aromatic nitrogens is 2. The summed E-state index contributed by atoms with van der Waals surface area (Å²) in [5.74, 6) is 0.424. The highest BCUT2D eigenvalue weighted by atomic mass is 35.5. The predicted molar refractivity (Wildman–Crippen MR) is 129 cm³/mol. The zero-order valence-corrected chi connectivity index (χ0v) is 19.8. The van der Waals surface area contributed by atoms with Gasteiger partial charge in [0.2, 0.25) is 0 Å². The molecule has 10 heteroatoms. The topological polar surface area (TPSA) is 52.6 Å². The van der Waals surface area contributed by atoms with Gasteiger partial charge in [0, 0.05) is 68.7 Å². The lowest BCUT2D eigenvalue weighted by molar-refractivity contribution is -0.137. The van der Waals surface area contributed by atoms with Crippen molar-refractivity contribution in [2.45, 2.75) is 25.1 Å². The third-order valence-corrected chi connectivity index (χ3v) is 7.16. The van der Waals surface area contributed by atoms with Gasteiger partial charge >= 0.3 is 6.18 Å². The number of hydrogen-bond acceptors (Lipinski definition) is 5. The Hall–Kier alpha value is -2.91. The molecule has 2 aliphatic heterocycles. The fourth-order valence-corrected chi connectivity index (χ4v) is 5.22. The zero-order chi connectivity index (χ0) is 24.6. The molecule has 2 fully saturated rings. The molecule has 35 heavy (non-hydrogen) atoms. The van der Waals surface area contributed by atoms with Crippen molar-refractivity contribution in [2.75, 3.05) is 44.2 Å². The highest BCUT2D eigenvalue weighted by molar-refractivity contribution is 6.33. The van der Waals surface area contributed by atoms with Crippen molar-refractivity contribution in [3.8, 4) is 0 Å². The van der Waals surface area contributed by atoms with Crippen molar-refractivity contribution in [1.82, 2.24) is 19.8 Å². The maximum absolute atomic E-state index is 13.0. The van der Waals surface area contributed by atoms with Crippen LogP contribution in [-0.2, 0) is 6.18 Å². The molecule has 0 atom stereocenters. The van der Waals surface area contributed by atoms with Gasteiger partial charge in [-0.2, -0.15) is 13.2 Å². The molecule has 6 nitrogen and oxygen atoms in total. The molecule has 0 unspecified atom stereocenters. The number of likely N-dealkylation sites (tertiary alicyclic amines) is 1. The molecule has 184 valence electrons. The van der Waals surface area contributed by atoms with Gasteiger partial charge in [-0.05, 0) is 37.1 Å². The zero-order valence-electron chi connectivity index (χ0n) is 19.0. The number of amides is 1. The number of carbonyl (C=O) groups is 1. The molecule has 1 amide bonds. The van der Waals surface area contributed by atoms with Crippen LogP contribution in [0.25, 0.3) is 10.9 Å². The number of alkyl halides is 3. The molecule has 0 bridgehead atoms. The summed E-state index contributed by atoms with van der Waals surface area (Å²) in [5, 5.41) is 1.03. The van der Waals surface area contributed by atoms with E-state index in [2.05, 4.69) is 14.9 Å². The number of benzene rings is 1. The fraction of sp³-hybridized carbons (Fsp3) is 0.400. The first-order valence-electron chi connectivity index (χ1n) is 11.7. The fourth-order valence-electron chi connectivity index (χ4n) is 4.93. The summed E-state index contributed by atoms with van der Waals surface area (Å²) < 4.78 is 38.7. The first-order chi connectivity index (χ1) is 16.8. The molecule has 4 heterocycles. The molecule has 0 N–H and O–H groups in total. The summed E-state index contributed by atoms with van der Waals surface area (Å²) in [4.78, 5) is 27.6. The summed E-state index contributed by atoms with van der Waals surface area (Å²) >= 11 is 6.12. The Bertz CT molecular complexity index is 1220. The third-order valence-electron chi connectivity index (χ3n) is 6.88. The van der Waals surface area contributed by atoms with Gasteiger partial charge in [-0.3, -0.25) is 14.7 Å². The summed E-state index contributed by atoms with van der Waals surface area (Å²) in [7, 11) is 0. The van der Waals surface area contributed by atoms with Crippen LogP contribution in [0.4, 0.5) is 19.0 Å². The van der Waals surface area contributed by atoms with Crippen LogP contribution in [0.2, 0.25) is 5.02 Å². The van der Waals surface area contributed by atoms with Crippen LogP contribution < -0.4 is 4.90 Å². The van der Waals surface area contributed by atoms with E-state index in [0.717, 1.165) is 49.1 Å². The molecule has 0 radical (unpaired) electrons. The van der Waals surface area contributed by atoms with E-state index in [-0.39, 0.29) is 10.9 Å². The highest BCUT2D eigenvalue weighted by Gasteiger charge is 2.33. The molecule has 1 aromatic carbocycles. The molecule has 3 aromatic rings.